The molecule has 2 nitrogen and oxygen atoms in total. The molecule has 100 valence electrons. The number of benzene rings is 1. The van der Waals surface area contributed by atoms with Gasteiger partial charge in [-0.2, -0.15) is 0 Å². The maximum atomic E-state index is 6.03. The smallest absolute Gasteiger partial charge is 0.0750 e. The molecule has 1 aromatic carbocycles. The van der Waals surface area contributed by atoms with E-state index in [0.29, 0.717) is 12.0 Å². The van der Waals surface area contributed by atoms with E-state index in [1.807, 2.05) is 6.07 Å². The molecule has 1 atom stereocenters. The van der Waals surface area contributed by atoms with Crippen molar-refractivity contribution in [2.45, 2.75) is 31.7 Å². The summed E-state index contributed by atoms with van der Waals surface area (Å²) < 4.78 is 6.85. The molecule has 0 spiro atoms. The highest BCUT2D eigenvalue weighted by Gasteiger charge is 2.21. The van der Waals surface area contributed by atoms with E-state index in [2.05, 4.69) is 39.9 Å². The van der Waals surface area contributed by atoms with Crippen LogP contribution in [-0.2, 0) is 10.6 Å². The van der Waals surface area contributed by atoms with E-state index in [1.54, 1.807) is 0 Å². The molecule has 1 heterocycles. The third-order valence-electron chi connectivity index (χ3n) is 3.31. The van der Waals surface area contributed by atoms with Crippen molar-refractivity contribution in [1.29, 1.82) is 0 Å². The second-order valence-electron chi connectivity index (χ2n) is 4.57. The van der Waals surface area contributed by atoms with Crippen molar-refractivity contribution in [3.8, 4) is 0 Å². The first-order valence-corrected chi connectivity index (χ1v) is 7.78. The van der Waals surface area contributed by atoms with Crippen LogP contribution in [0.5, 0.6) is 0 Å². The Morgan fingerprint density at radius 1 is 1.50 bits per heavy atom. The van der Waals surface area contributed by atoms with Gasteiger partial charge in [0.05, 0.1) is 6.10 Å². The van der Waals surface area contributed by atoms with Crippen LogP contribution in [0.4, 0.5) is 5.69 Å². The maximum absolute atomic E-state index is 6.03. The molecule has 0 aliphatic carbocycles. The number of alkyl halides is 1. The van der Waals surface area contributed by atoms with Gasteiger partial charge in [-0.1, -0.05) is 22.0 Å². The van der Waals surface area contributed by atoms with Gasteiger partial charge in [-0.05, 0) is 37.5 Å². The highest BCUT2D eigenvalue weighted by Crippen LogP contribution is 2.29. The predicted molar refractivity (Wildman–Crippen MR) is 80.6 cm³/mol. The van der Waals surface area contributed by atoms with E-state index in [1.165, 1.54) is 17.7 Å². The van der Waals surface area contributed by atoms with Crippen molar-refractivity contribution in [2.24, 2.45) is 0 Å². The molecular weight excluding hydrogens is 314 g/mol. The summed E-state index contributed by atoms with van der Waals surface area (Å²) in [6, 6.07) is 6.30. The Bertz CT molecular complexity index is 397. The lowest BCUT2D eigenvalue weighted by Gasteiger charge is -2.35. The molecule has 4 heteroatoms. The molecule has 1 saturated heterocycles. The summed E-state index contributed by atoms with van der Waals surface area (Å²) >= 11 is 9.56. The van der Waals surface area contributed by atoms with E-state index in [4.69, 9.17) is 16.3 Å². The Morgan fingerprint density at radius 2 is 2.33 bits per heavy atom. The first kappa shape index (κ1) is 14.2. The maximum Gasteiger partial charge on any atom is 0.0750 e. The Morgan fingerprint density at radius 3 is 3.06 bits per heavy atom. The van der Waals surface area contributed by atoms with Gasteiger partial charge in [-0.25, -0.2) is 0 Å². The summed E-state index contributed by atoms with van der Waals surface area (Å²) in [7, 11) is 0. The predicted octanol–water partition coefficient (Wildman–Crippen LogP) is 4.19. The van der Waals surface area contributed by atoms with Gasteiger partial charge < -0.3 is 9.64 Å². The lowest BCUT2D eigenvalue weighted by atomic mass is 10.1. The van der Waals surface area contributed by atoms with Crippen molar-refractivity contribution in [1.82, 2.24) is 0 Å². The second-order valence-corrected chi connectivity index (χ2v) is 5.76. The third kappa shape index (κ3) is 3.40. The minimum atomic E-state index is 0.353. The van der Waals surface area contributed by atoms with E-state index < -0.39 is 0 Å². The van der Waals surface area contributed by atoms with Crippen molar-refractivity contribution in [3.63, 3.8) is 0 Å². The Balaban J connectivity index is 2.17. The largest absolute Gasteiger partial charge is 0.377 e. The highest BCUT2D eigenvalue weighted by molar-refractivity contribution is 9.10. The highest BCUT2D eigenvalue weighted by atomic mass is 79.9. The molecule has 0 saturated carbocycles. The molecule has 2 rings (SSSR count). The van der Waals surface area contributed by atoms with Gasteiger partial charge in [0.2, 0.25) is 0 Å². The molecule has 1 aliphatic rings. The second kappa shape index (κ2) is 6.78. The standard InChI is InChI=1S/C14H19BrClNO/c1-2-18-13-4-3-7-17(10-13)14-8-12(15)6-5-11(14)9-16/h5-6,8,13H,2-4,7,9-10H2,1H3. The lowest BCUT2D eigenvalue weighted by molar-refractivity contribution is 0.0526. The van der Waals surface area contributed by atoms with Crippen molar-refractivity contribution < 1.29 is 4.74 Å². The summed E-state index contributed by atoms with van der Waals surface area (Å²) in [5.74, 6) is 0.554. The molecule has 0 amide bonds. The van der Waals surface area contributed by atoms with Crippen molar-refractivity contribution in [3.05, 3.63) is 28.2 Å². The number of hydrogen-bond donors (Lipinski definition) is 0. The average molecular weight is 333 g/mol. The molecule has 1 unspecified atom stereocenters. The van der Waals surface area contributed by atoms with Crippen LogP contribution in [0.1, 0.15) is 25.3 Å². The van der Waals surface area contributed by atoms with Crippen LogP contribution in [0.15, 0.2) is 22.7 Å². The fraction of sp³-hybridized carbons (Fsp3) is 0.571. The Labute approximate surface area is 122 Å². The topological polar surface area (TPSA) is 12.5 Å². The SMILES string of the molecule is CCOC1CCCN(c2cc(Br)ccc2CCl)C1. The van der Waals surface area contributed by atoms with Gasteiger partial charge in [0.1, 0.15) is 0 Å². The number of halogens is 2. The number of hydrogen-bond acceptors (Lipinski definition) is 2. The first-order valence-electron chi connectivity index (χ1n) is 6.45. The van der Waals surface area contributed by atoms with E-state index in [9.17, 15) is 0 Å². The molecular formula is C14H19BrClNO. The van der Waals surface area contributed by atoms with Gasteiger partial charge in [0, 0.05) is 35.7 Å². The number of ether oxygens (including phenoxy) is 1. The first-order chi connectivity index (χ1) is 8.74. The number of nitrogens with zero attached hydrogens (tertiary/aromatic N) is 1. The summed E-state index contributed by atoms with van der Waals surface area (Å²) in [6.45, 7) is 4.90. The van der Waals surface area contributed by atoms with Crippen LogP contribution in [-0.4, -0.2) is 25.8 Å². The van der Waals surface area contributed by atoms with Gasteiger partial charge >= 0.3 is 0 Å². The number of anilines is 1. The summed E-state index contributed by atoms with van der Waals surface area (Å²) in [5.41, 5.74) is 2.43. The van der Waals surface area contributed by atoms with Gasteiger partial charge in [-0.15, -0.1) is 11.6 Å². The normalized spacial score (nSPS) is 20.2. The molecule has 0 radical (unpaired) electrons. The monoisotopic (exact) mass is 331 g/mol. The van der Waals surface area contributed by atoms with Crippen molar-refractivity contribution >= 4 is 33.2 Å². The molecule has 1 aromatic rings. The molecule has 0 bridgehead atoms. The van der Waals surface area contributed by atoms with Crippen LogP contribution < -0.4 is 4.90 Å². The quantitative estimate of drug-likeness (QED) is 0.766. The molecule has 0 N–H and O–H groups in total. The van der Waals surface area contributed by atoms with Gasteiger partial charge in [-0.3, -0.25) is 0 Å². The zero-order valence-electron chi connectivity index (χ0n) is 10.7. The molecule has 1 fully saturated rings. The molecule has 18 heavy (non-hydrogen) atoms. The molecule has 1 aliphatic heterocycles. The Hall–Kier alpha value is -0.250. The van der Waals surface area contributed by atoms with Crippen LogP contribution in [0.3, 0.4) is 0 Å². The fourth-order valence-electron chi connectivity index (χ4n) is 2.47. The van der Waals surface area contributed by atoms with Crippen LogP contribution in [0, 0.1) is 0 Å². The average Bonchev–Trinajstić information content (AvgIpc) is 2.39. The van der Waals surface area contributed by atoms with Crippen LogP contribution >= 0.6 is 27.5 Å². The summed E-state index contributed by atoms with van der Waals surface area (Å²) in [6.07, 6.45) is 2.69. The summed E-state index contributed by atoms with van der Waals surface area (Å²) in [5, 5.41) is 0. The van der Waals surface area contributed by atoms with Crippen LogP contribution in [0.2, 0.25) is 0 Å². The third-order valence-corrected chi connectivity index (χ3v) is 4.09. The number of piperidine rings is 1. The number of rotatable bonds is 4. The minimum Gasteiger partial charge on any atom is -0.377 e. The van der Waals surface area contributed by atoms with E-state index in [-0.39, 0.29) is 0 Å². The molecule has 0 aromatic heterocycles. The fourth-order valence-corrected chi connectivity index (χ4v) is 3.05. The lowest BCUT2D eigenvalue weighted by Crippen LogP contribution is -2.40. The minimum absolute atomic E-state index is 0.353. The van der Waals surface area contributed by atoms with Gasteiger partial charge in [0.25, 0.3) is 0 Å². The zero-order valence-corrected chi connectivity index (χ0v) is 13.0. The zero-order chi connectivity index (χ0) is 13.0. The van der Waals surface area contributed by atoms with E-state index in [0.717, 1.165) is 30.6 Å². The Kier molecular flexibility index (Phi) is 5.34. The van der Waals surface area contributed by atoms with Gasteiger partial charge in [0.15, 0.2) is 0 Å². The summed E-state index contributed by atoms with van der Waals surface area (Å²) in [4.78, 5) is 2.40. The van der Waals surface area contributed by atoms with E-state index >= 15 is 0 Å². The van der Waals surface area contributed by atoms with Crippen LogP contribution in [0.25, 0.3) is 0 Å². The van der Waals surface area contributed by atoms with Crippen molar-refractivity contribution in [2.75, 3.05) is 24.6 Å².